The van der Waals surface area contributed by atoms with E-state index in [1.807, 2.05) is 48.5 Å². The van der Waals surface area contributed by atoms with Crippen LogP contribution >= 0.6 is 0 Å². The lowest BCUT2D eigenvalue weighted by atomic mass is 9.40. The van der Waals surface area contributed by atoms with Crippen molar-refractivity contribution < 1.29 is 0 Å². The fraction of sp³-hybridized carbons (Fsp3) is 0.233. The third-order valence-electron chi connectivity index (χ3n) is 11.3. The van der Waals surface area contributed by atoms with E-state index in [-0.39, 0.29) is 5.41 Å². The Morgan fingerprint density at radius 2 is 1.15 bits per heavy atom. The second kappa shape index (κ2) is 11.3. The lowest BCUT2D eigenvalue weighted by Gasteiger charge is -2.65. The average Bonchev–Trinajstić information content (AvgIpc) is 3.13. The van der Waals surface area contributed by atoms with Gasteiger partial charge >= 0.3 is 0 Å². The zero-order chi connectivity index (χ0) is 32.2. The molecule has 2 aromatic heterocycles. The van der Waals surface area contributed by atoms with Crippen molar-refractivity contribution >= 4 is 0 Å². The van der Waals surface area contributed by atoms with E-state index in [0.29, 0.717) is 23.0 Å². The van der Waals surface area contributed by atoms with Crippen LogP contribution in [0.15, 0.2) is 121 Å². The molecule has 5 heteroatoms. The average molecular weight is 622 g/mol. The van der Waals surface area contributed by atoms with Crippen LogP contribution in [0.1, 0.15) is 43.7 Å². The first-order chi connectivity index (χ1) is 23.5. The molecule has 9 rings (SSSR count). The first-order valence-electron chi connectivity index (χ1n) is 17.0. The summed E-state index contributed by atoms with van der Waals surface area (Å²) >= 11 is 0. The van der Waals surface area contributed by atoms with Crippen molar-refractivity contribution in [1.82, 2.24) is 19.9 Å². The van der Waals surface area contributed by atoms with Gasteiger partial charge in [0.05, 0.1) is 17.3 Å². The number of rotatable bonds is 6. The molecule has 0 N–H and O–H groups in total. The standard InChI is InChI=1S/C43H35N5/c1-43(23-35-21-33-22-36(24-43)39(33)35)37-16-17-38(45-26-37)32-18-31(28-8-4-2-5-9-28)19-34(20-32)42-47-40(29-10-6-3-7-11-29)46-41(48-42)30-14-12-27(25-44)13-15-30/h2-20,26,33,35-36,39H,21-24H2,1H3/t33?,35-,36+,39?,43?. The Morgan fingerprint density at radius 1 is 0.583 bits per heavy atom. The summed E-state index contributed by atoms with van der Waals surface area (Å²) in [6.07, 6.45) is 7.60. The van der Waals surface area contributed by atoms with E-state index >= 15 is 0 Å². The second-order valence-corrected chi connectivity index (χ2v) is 14.3. The van der Waals surface area contributed by atoms with Crippen LogP contribution in [0.25, 0.3) is 56.5 Å². The smallest absolute Gasteiger partial charge is 0.164 e. The van der Waals surface area contributed by atoms with Crippen LogP contribution in [0.4, 0.5) is 0 Å². The van der Waals surface area contributed by atoms with Gasteiger partial charge in [-0.2, -0.15) is 5.26 Å². The summed E-state index contributed by atoms with van der Waals surface area (Å²) in [4.78, 5) is 20.0. The molecule has 3 aliphatic carbocycles. The summed E-state index contributed by atoms with van der Waals surface area (Å²) in [6, 6.07) is 41.1. The molecule has 0 aliphatic heterocycles. The van der Waals surface area contributed by atoms with E-state index in [0.717, 1.165) is 62.7 Å². The fourth-order valence-electron chi connectivity index (χ4n) is 8.85. The SMILES string of the molecule is CC1(c2ccc(-c3cc(-c4ccccc4)cc(-c4nc(-c5ccccc5)nc(-c5ccc(C#N)cc5)n4)c3)nc2)C[C@H]2CC3C[C@@H](C1)C32. The Labute approximate surface area is 281 Å². The predicted octanol–water partition coefficient (Wildman–Crippen LogP) is 9.80. The Kier molecular flexibility index (Phi) is 6.79. The Hall–Kier alpha value is -5.47. The van der Waals surface area contributed by atoms with Gasteiger partial charge in [0.15, 0.2) is 17.5 Å². The van der Waals surface area contributed by atoms with Gasteiger partial charge in [0.2, 0.25) is 0 Å². The molecule has 4 aromatic carbocycles. The molecule has 0 radical (unpaired) electrons. The molecule has 2 heterocycles. The molecular weight excluding hydrogens is 587 g/mol. The van der Waals surface area contributed by atoms with Crippen molar-refractivity contribution in [3.63, 3.8) is 0 Å². The molecule has 0 amide bonds. The number of hydrogen-bond donors (Lipinski definition) is 0. The molecule has 0 saturated heterocycles. The summed E-state index contributed by atoms with van der Waals surface area (Å²) in [7, 11) is 0. The van der Waals surface area contributed by atoms with Crippen LogP contribution in [-0.4, -0.2) is 19.9 Å². The lowest BCUT2D eigenvalue weighted by molar-refractivity contribution is -0.141. The van der Waals surface area contributed by atoms with E-state index < -0.39 is 0 Å². The summed E-state index contributed by atoms with van der Waals surface area (Å²) < 4.78 is 0. The molecule has 5 nitrogen and oxygen atoms in total. The topological polar surface area (TPSA) is 75.3 Å². The molecule has 6 aromatic rings. The third kappa shape index (κ3) is 5.00. The number of nitriles is 1. The molecule has 48 heavy (non-hydrogen) atoms. The predicted molar refractivity (Wildman–Crippen MR) is 189 cm³/mol. The highest BCUT2D eigenvalue weighted by Crippen LogP contribution is 2.67. The van der Waals surface area contributed by atoms with Crippen molar-refractivity contribution in [3.05, 3.63) is 133 Å². The summed E-state index contributed by atoms with van der Waals surface area (Å²) in [5.74, 6) is 5.61. The van der Waals surface area contributed by atoms with E-state index in [2.05, 4.69) is 73.8 Å². The van der Waals surface area contributed by atoms with Crippen LogP contribution in [0, 0.1) is 35.0 Å². The molecule has 0 spiro atoms. The Bertz CT molecular complexity index is 2150. The van der Waals surface area contributed by atoms with Gasteiger partial charge in [0.25, 0.3) is 0 Å². The van der Waals surface area contributed by atoms with Crippen molar-refractivity contribution in [2.24, 2.45) is 23.7 Å². The van der Waals surface area contributed by atoms with E-state index in [4.69, 9.17) is 19.9 Å². The van der Waals surface area contributed by atoms with Gasteiger partial charge in [-0.1, -0.05) is 73.7 Å². The van der Waals surface area contributed by atoms with E-state index in [9.17, 15) is 5.26 Å². The zero-order valence-corrected chi connectivity index (χ0v) is 26.9. The highest BCUT2D eigenvalue weighted by atomic mass is 15.0. The van der Waals surface area contributed by atoms with Crippen LogP contribution in [0.5, 0.6) is 0 Å². The van der Waals surface area contributed by atoms with Gasteiger partial charge < -0.3 is 0 Å². The van der Waals surface area contributed by atoms with Crippen LogP contribution in [-0.2, 0) is 5.41 Å². The Balaban J connectivity index is 1.14. The maximum Gasteiger partial charge on any atom is 0.164 e. The fourth-order valence-corrected chi connectivity index (χ4v) is 8.85. The number of benzene rings is 4. The second-order valence-electron chi connectivity index (χ2n) is 14.3. The number of nitrogens with zero attached hydrogens (tertiary/aromatic N) is 5. The number of aromatic nitrogens is 4. The van der Waals surface area contributed by atoms with E-state index in [1.54, 1.807) is 12.1 Å². The third-order valence-corrected chi connectivity index (χ3v) is 11.3. The van der Waals surface area contributed by atoms with E-state index in [1.165, 1.54) is 31.2 Å². The van der Waals surface area contributed by atoms with Gasteiger partial charge in [-0.15, -0.1) is 0 Å². The van der Waals surface area contributed by atoms with Gasteiger partial charge in [-0.05, 0) is 120 Å². The minimum Gasteiger partial charge on any atom is -0.256 e. The quantitative estimate of drug-likeness (QED) is 0.185. The maximum atomic E-state index is 9.36. The molecule has 3 unspecified atom stereocenters. The number of hydrogen-bond acceptors (Lipinski definition) is 5. The summed E-state index contributed by atoms with van der Waals surface area (Å²) in [5.41, 5.74) is 8.95. The largest absolute Gasteiger partial charge is 0.256 e. The monoisotopic (exact) mass is 621 g/mol. The lowest BCUT2D eigenvalue weighted by Crippen LogP contribution is -2.58. The highest BCUT2D eigenvalue weighted by molar-refractivity contribution is 5.79. The molecule has 0 bridgehead atoms. The number of pyridine rings is 1. The molecule has 3 fully saturated rings. The first kappa shape index (κ1) is 28.7. The van der Waals surface area contributed by atoms with Gasteiger partial charge in [-0.25, -0.2) is 15.0 Å². The Morgan fingerprint density at radius 3 is 1.73 bits per heavy atom. The molecule has 3 saturated carbocycles. The molecule has 3 aliphatic rings. The van der Waals surface area contributed by atoms with Gasteiger partial charge in [0.1, 0.15) is 0 Å². The summed E-state index contributed by atoms with van der Waals surface area (Å²) in [5, 5.41) is 9.36. The molecule has 232 valence electrons. The maximum absolute atomic E-state index is 9.36. The molecule has 5 atom stereocenters. The van der Waals surface area contributed by atoms with Crippen LogP contribution < -0.4 is 0 Å². The summed E-state index contributed by atoms with van der Waals surface area (Å²) in [6.45, 7) is 2.47. The zero-order valence-electron chi connectivity index (χ0n) is 26.9. The van der Waals surface area contributed by atoms with Crippen molar-refractivity contribution in [2.75, 3.05) is 0 Å². The minimum atomic E-state index is 0.209. The minimum absolute atomic E-state index is 0.209. The molecular formula is C43H35N5. The van der Waals surface area contributed by atoms with Crippen molar-refractivity contribution in [2.45, 2.75) is 38.0 Å². The highest BCUT2D eigenvalue weighted by Gasteiger charge is 2.59. The van der Waals surface area contributed by atoms with Gasteiger partial charge in [-0.3, -0.25) is 4.98 Å². The van der Waals surface area contributed by atoms with Crippen molar-refractivity contribution in [3.8, 4) is 62.6 Å². The first-order valence-corrected chi connectivity index (χ1v) is 17.0. The van der Waals surface area contributed by atoms with Crippen LogP contribution in [0.3, 0.4) is 0 Å². The van der Waals surface area contributed by atoms with Crippen LogP contribution in [0.2, 0.25) is 0 Å². The van der Waals surface area contributed by atoms with Crippen molar-refractivity contribution in [1.29, 1.82) is 5.26 Å². The normalized spacial score (nSPS) is 23.7. The van der Waals surface area contributed by atoms with Gasteiger partial charge in [0, 0.05) is 28.5 Å².